The van der Waals surface area contributed by atoms with Crippen LogP contribution in [0.5, 0.6) is 0 Å². The minimum Gasteiger partial charge on any atom is -0.444 e. The molecule has 0 bridgehead atoms. The molecule has 2 aromatic heterocycles. The molecule has 146 valence electrons. The molecule has 0 fully saturated rings. The van der Waals surface area contributed by atoms with E-state index in [0.29, 0.717) is 36.5 Å². The molecule has 0 saturated heterocycles. The number of halogens is 2. The number of ether oxygens (including phenoxy) is 1. The van der Waals surface area contributed by atoms with Gasteiger partial charge in [-0.2, -0.15) is 0 Å². The van der Waals surface area contributed by atoms with E-state index in [1.165, 1.54) is 0 Å². The summed E-state index contributed by atoms with van der Waals surface area (Å²) >= 11 is 11.7. The van der Waals surface area contributed by atoms with Crippen LogP contribution in [0, 0.1) is 0 Å². The van der Waals surface area contributed by atoms with E-state index in [4.69, 9.17) is 27.9 Å². The summed E-state index contributed by atoms with van der Waals surface area (Å²) in [7, 11) is 0. The van der Waals surface area contributed by atoms with Crippen LogP contribution in [0.15, 0.2) is 36.7 Å². The van der Waals surface area contributed by atoms with Gasteiger partial charge in [-0.3, -0.25) is 4.90 Å². The smallest absolute Gasteiger partial charge is 0.407 e. The summed E-state index contributed by atoms with van der Waals surface area (Å²) in [4.78, 5) is 22.2. The highest BCUT2D eigenvalue weighted by Gasteiger charge is 2.16. The van der Waals surface area contributed by atoms with Crippen molar-refractivity contribution >= 4 is 29.3 Å². The van der Waals surface area contributed by atoms with E-state index >= 15 is 0 Å². The summed E-state index contributed by atoms with van der Waals surface area (Å²) in [5, 5.41) is 3.70. The Hall–Kier alpha value is -1.89. The number of alkyl carbamates (subject to hydrolysis) is 1. The fourth-order valence-corrected chi connectivity index (χ4v) is 2.58. The van der Waals surface area contributed by atoms with E-state index in [-0.39, 0.29) is 0 Å². The number of hydrogen-bond acceptors (Lipinski definition) is 5. The minimum atomic E-state index is -0.520. The van der Waals surface area contributed by atoms with Gasteiger partial charge in [0.2, 0.25) is 0 Å². The number of nitrogens with one attached hydrogen (secondary N) is 1. The van der Waals surface area contributed by atoms with Crippen molar-refractivity contribution in [1.29, 1.82) is 0 Å². The number of hydrogen-bond donors (Lipinski definition) is 1. The summed E-state index contributed by atoms with van der Waals surface area (Å²) in [5.74, 6) is 0. The first-order valence-corrected chi connectivity index (χ1v) is 9.37. The Balaban J connectivity index is 1.96. The normalized spacial score (nSPS) is 11.5. The predicted octanol–water partition coefficient (Wildman–Crippen LogP) is 4.31. The molecule has 0 aromatic carbocycles. The molecule has 0 spiro atoms. The van der Waals surface area contributed by atoms with Gasteiger partial charge >= 0.3 is 6.09 Å². The van der Waals surface area contributed by atoms with Crippen LogP contribution >= 0.6 is 23.2 Å². The lowest BCUT2D eigenvalue weighted by molar-refractivity contribution is 0.0521. The molecular weight excluding hydrogens is 387 g/mol. The Morgan fingerprint density at radius 3 is 1.96 bits per heavy atom. The number of carbonyl (C=O) groups excluding carboxylic acids is 1. The zero-order chi connectivity index (χ0) is 19.9. The van der Waals surface area contributed by atoms with E-state index in [0.717, 1.165) is 11.1 Å². The van der Waals surface area contributed by atoms with Crippen molar-refractivity contribution in [3.63, 3.8) is 0 Å². The molecule has 0 radical (unpaired) electrons. The van der Waals surface area contributed by atoms with E-state index in [1.807, 2.05) is 32.9 Å². The SMILES string of the molecule is CC(C)(C)OC(=O)NCCN(Cc1ccc(Cl)nc1)Cc1ccc(Cl)nc1. The van der Waals surface area contributed by atoms with Gasteiger partial charge in [0, 0.05) is 38.6 Å². The van der Waals surface area contributed by atoms with Crippen molar-refractivity contribution in [3.8, 4) is 0 Å². The van der Waals surface area contributed by atoms with Gasteiger partial charge in [-0.15, -0.1) is 0 Å². The fourth-order valence-electron chi connectivity index (χ4n) is 2.36. The van der Waals surface area contributed by atoms with Crippen LogP contribution < -0.4 is 5.32 Å². The molecule has 2 rings (SSSR count). The van der Waals surface area contributed by atoms with Crippen molar-refractivity contribution in [1.82, 2.24) is 20.2 Å². The predicted molar refractivity (Wildman–Crippen MR) is 107 cm³/mol. The number of aromatic nitrogens is 2. The van der Waals surface area contributed by atoms with Crippen LogP contribution in [0.1, 0.15) is 31.9 Å². The number of rotatable bonds is 7. The third-order valence-corrected chi connectivity index (χ3v) is 3.93. The van der Waals surface area contributed by atoms with Gasteiger partial charge in [0.1, 0.15) is 15.9 Å². The Bertz CT molecular complexity index is 683. The first-order chi connectivity index (χ1) is 12.7. The topological polar surface area (TPSA) is 67.3 Å². The Kier molecular flexibility index (Phi) is 7.83. The molecule has 8 heteroatoms. The van der Waals surface area contributed by atoms with Gasteiger partial charge in [0.15, 0.2) is 0 Å². The van der Waals surface area contributed by atoms with E-state index < -0.39 is 11.7 Å². The first-order valence-electron chi connectivity index (χ1n) is 8.61. The third kappa shape index (κ3) is 8.56. The molecule has 0 unspecified atom stereocenters. The minimum absolute atomic E-state index is 0.427. The average molecular weight is 411 g/mol. The van der Waals surface area contributed by atoms with Crippen molar-refractivity contribution in [3.05, 3.63) is 58.1 Å². The number of amides is 1. The maximum atomic E-state index is 11.8. The summed E-state index contributed by atoms with van der Waals surface area (Å²) in [6.45, 7) is 7.90. The molecule has 2 heterocycles. The largest absolute Gasteiger partial charge is 0.444 e. The summed E-state index contributed by atoms with van der Waals surface area (Å²) in [6, 6.07) is 7.39. The molecule has 1 N–H and O–H groups in total. The molecule has 0 aliphatic heterocycles. The Labute approximate surface area is 169 Å². The molecule has 0 saturated carbocycles. The van der Waals surface area contributed by atoms with Gasteiger partial charge in [-0.25, -0.2) is 14.8 Å². The lowest BCUT2D eigenvalue weighted by Gasteiger charge is -2.24. The highest BCUT2D eigenvalue weighted by Crippen LogP contribution is 2.12. The van der Waals surface area contributed by atoms with Crippen LogP contribution in [0.4, 0.5) is 4.79 Å². The van der Waals surface area contributed by atoms with Crippen LogP contribution in [0.2, 0.25) is 10.3 Å². The second-order valence-corrected chi connectivity index (χ2v) is 7.89. The monoisotopic (exact) mass is 410 g/mol. The Morgan fingerprint density at radius 1 is 1.04 bits per heavy atom. The van der Waals surface area contributed by atoms with Gasteiger partial charge in [0.05, 0.1) is 0 Å². The molecule has 0 aliphatic carbocycles. The summed E-state index contributed by atoms with van der Waals surface area (Å²) < 4.78 is 5.26. The van der Waals surface area contributed by atoms with Gasteiger partial charge in [-0.1, -0.05) is 35.3 Å². The van der Waals surface area contributed by atoms with Crippen LogP contribution in [0.3, 0.4) is 0 Å². The van der Waals surface area contributed by atoms with E-state index in [9.17, 15) is 4.79 Å². The third-order valence-electron chi connectivity index (χ3n) is 3.49. The lowest BCUT2D eigenvalue weighted by atomic mass is 10.2. The molecule has 6 nitrogen and oxygen atoms in total. The molecular formula is C19H24Cl2N4O2. The molecule has 2 aromatic rings. The molecule has 27 heavy (non-hydrogen) atoms. The maximum Gasteiger partial charge on any atom is 0.407 e. The van der Waals surface area contributed by atoms with E-state index in [1.54, 1.807) is 24.5 Å². The maximum absolute atomic E-state index is 11.8. The van der Waals surface area contributed by atoms with Crippen molar-refractivity contribution in [2.75, 3.05) is 13.1 Å². The second kappa shape index (κ2) is 9.88. The average Bonchev–Trinajstić information content (AvgIpc) is 2.57. The molecule has 0 aliphatic rings. The number of nitrogens with zero attached hydrogens (tertiary/aromatic N) is 3. The van der Waals surface area contributed by atoms with Gasteiger partial charge in [0.25, 0.3) is 0 Å². The van der Waals surface area contributed by atoms with Crippen LogP contribution in [-0.2, 0) is 17.8 Å². The number of carbonyl (C=O) groups is 1. The zero-order valence-electron chi connectivity index (χ0n) is 15.7. The zero-order valence-corrected chi connectivity index (χ0v) is 17.2. The fraction of sp³-hybridized carbons (Fsp3) is 0.421. The summed E-state index contributed by atoms with van der Waals surface area (Å²) in [6.07, 6.45) is 3.07. The second-order valence-electron chi connectivity index (χ2n) is 7.12. The first kappa shape index (κ1) is 21.4. The highest BCUT2D eigenvalue weighted by atomic mass is 35.5. The highest BCUT2D eigenvalue weighted by molar-refractivity contribution is 6.29. The number of pyridine rings is 2. The quantitative estimate of drug-likeness (QED) is 0.688. The van der Waals surface area contributed by atoms with Gasteiger partial charge in [-0.05, 0) is 44.0 Å². The lowest BCUT2D eigenvalue weighted by Crippen LogP contribution is -2.37. The van der Waals surface area contributed by atoms with Gasteiger partial charge < -0.3 is 10.1 Å². The summed E-state index contributed by atoms with van der Waals surface area (Å²) in [5.41, 5.74) is 1.53. The van der Waals surface area contributed by atoms with Crippen molar-refractivity contribution in [2.45, 2.75) is 39.5 Å². The van der Waals surface area contributed by atoms with Crippen molar-refractivity contribution < 1.29 is 9.53 Å². The Morgan fingerprint density at radius 2 is 1.56 bits per heavy atom. The van der Waals surface area contributed by atoms with Crippen LogP contribution in [0.25, 0.3) is 0 Å². The van der Waals surface area contributed by atoms with Crippen LogP contribution in [-0.4, -0.2) is 39.7 Å². The van der Waals surface area contributed by atoms with Crippen molar-refractivity contribution in [2.24, 2.45) is 0 Å². The molecule has 1 amide bonds. The molecule has 0 atom stereocenters. The van der Waals surface area contributed by atoms with E-state index in [2.05, 4.69) is 20.2 Å². The standard InChI is InChI=1S/C19H24Cl2N4O2/c1-19(2,3)27-18(26)22-8-9-25(12-14-4-6-16(20)23-10-14)13-15-5-7-17(21)24-11-15/h4-7,10-11H,8-9,12-13H2,1-3H3,(H,22,26).